The molecule has 0 aromatic heterocycles. The quantitative estimate of drug-likeness (QED) is 0.0460. The van der Waals surface area contributed by atoms with Crippen molar-refractivity contribution >= 4 is 33.6 Å². The summed E-state index contributed by atoms with van der Waals surface area (Å²) in [6.45, 7) is 4.11. The lowest BCUT2D eigenvalue weighted by Gasteiger charge is -2.12. The van der Waals surface area contributed by atoms with Gasteiger partial charge in [0, 0.05) is 24.2 Å². The summed E-state index contributed by atoms with van der Waals surface area (Å²) >= 11 is 0. The van der Waals surface area contributed by atoms with E-state index in [1.807, 2.05) is 0 Å². The smallest absolute Gasteiger partial charge is 0.326 e. The van der Waals surface area contributed by atoms with Gasteiger partial charge in [-0.2, -0.15) is 8.42 Å². The second kappa shape index (κ2) is 33.6. The minimum absolute atomic E-state index is 0.127. The van der Waals surface area contributed by atoms with Gasteiger partial charge in [-0.25, -0.2) is 4.18 Å². The van der Waals surface area contributed by atoms with E-state index in [0.717, 1.165) is 38.5 Å². The highest BCUT2D eigenvalue weighted by molar-refractivity contribution is 7.80. The SMILES string of the molecule is CCCCCCCCCCCCCCCCCC(=O)Nc1cc(COS(=O)(=O)O)cc(NC(=O)CCCCCCCCCCCCCCCCC)c1. The molecule has 0 aliphatic carbocycles. The summed E-state index contributed by atoms with van der Waals surface area (Å²) in [6.07, 6.45) is 38.7. The lowest BCUT2D eigenvalue weighted by atomic mass is 10.0. The number of benzene rings is 1. The Hall–Kier alpha value is -1.97. The van der Waals surface area contributed by atoms with Crippen LogP contribution in [0.3, 0.4) is 0 Å². The maximum absolute atomic E-state index is 12.7. The first-order valence-electron chi connectivity index (χ1n) is 21.6. The van der Waals surface area contributed by atoms with Crippen LogP contribution in [0.2, 0.25) is 0 Å². The first-order valence-corrected chi connectivity index (χ1v) is 23.0. The highest BCUT2D eigenvalue weighted by Crippen LogP contribution is 2.22. The molecule has 3 N–H and O–H groups in total. The number of amides is 2. The molecule has 1 aromatic rings. The molecule has 0 heterocycles. The van der Waals surface area contributed by atoms with Crippen molar-refractivity contribution in [3.05, 3.63) is 23.8 Å². The highest BCUT2D eigenvalue weighted by atomic mass is 32.3. The summed E-state index contributed by atoms with van der Waals surface area (Å²) in [4.78, 5) is 25.4. The molecule has 1 aromatic carbocycles. The molecule has 0 atom stereocenters. The lowest BCUT2D eigenvalue weighted by molar-refractivity contribution is -0.117. The number of hydrogen-bond acceptors (Lipinski definition) is 5. The van der Waals surface area contributed by atoms with Crippen molar-refractivity contribution in [2.45, 2.75) is 226 Å². The van der Waals surface area contributed by atoms with E-state index in [1.165, 1.54) is 154 Å². The third-order valence-corrected chi connectivity index (χ3v) is 10.4. The van der Waals surface area contributed by atoms with Gasteiger partial charge in [0.05, 0.1) is 6.61 Å². The molecule has 0 saturated carbocycles. The molecule has 0 saturated heterocycles. The Kier molecular flexibility index (Phi) is 31.0. The van der Waals surface area contributed by atoms with Crippen molar-refractivity contribution < 1.29 is 26.7 Å². The number of carbonyl (C=O) groups is 2. The molecule has 9 heteroatoms. The molecular weight excluding hydrogens is 673 g/mol. The van der Waals surface area contributed by atoms with Crippen LogP contribution >= 0.6 is 0 Å². The maximum Gasteiger partial charge on any atom is 0.397 e. The fraction of sp³-hybridized carbons (Fsp3) is 0.814. The Morgan fingerprint density at radius 1 is 0.481 bits per heavy atom. The average Bonchev–Trinajstić information content (AvgIpc) is 3.10. The molecule has 8 nitrogen and oxygen atoms in total. The molecule has 0 unspecified atom stereocenters. The van der Waals surface area contributed by atoms with Gasteiger partial charge in [0.15, 0.2) is 0 Å². The summed E-state index contributed by atoms with van der Waals surface area (Å²) in [6, 6.07) is 4.87. The summed E-state index contributed by atoms with van der Waals surface area (Å²) in [5.41, 5.74) is 1.30. The Labute approximate surface area is 319 Å². The molecule has 0 aliphatic rings. The highest BCUT2D eigenvalue weighted by Gasteiger charge is 2.11. The largest absolute Gasteiger partial charge is 0.397 e. The first kappa shape index (κ1) is 48.0. The third kappa shape index (κ3) is 31.5. The summed E-state index contributed by atoms with van der Waals surface area (Å²) in [5, 5.41) is 5.77. The molecule has 0 radical (unpaired) electrons. The van der Waals surface area contributed by atoms with Gasteiger partial charge in [-0.3, -0.25) is 14.1 Å². The number of anilines is 2. The van der Waals surface area contributed by atoms with Crippen LogP contribution in [0.1, 0.15) is 225 Å². The van der Waals surface area contributed by atoms with Gasteiger partial charge in [-0.15, -0.1) is 0 Å². The molecule has 302 valence electrons. The zero-order valence-electron chi connectivity index (χ0n) is 33.5. The van der Waals surface area contributed by atoms with Crippen LogP contribution in [0.15, 0.2) is 18.2 Å². The maximum atomic E-state index is 12.7. The summed E-state index contributed by atoms with van der Waals surface area (Å²) < 4.78 is 35.9. The minimum atomic E-state index is -4.64. The molecule has 0 bridgehead atoms. The van der Waals surface area contributed by atoms with Gasteiger partial charge >= 0.3 is 10.4 Å². The van der Waals surface area contributed by atoms with E-state index in [4.69, 9.17) is 4.55 Å². The van der Waals surface area contributed by atoms with Crippen LogP contribution in [0.4, 0.5) is 11.4 Å². The van der Waals surface area contributed by atoms with E-state index >= 15 is 0 Å². The monoisotopic (exact) mass is 751 g/mol. The molecule has 0 fully saturated rings. The van der Waals surface area contributed by atoms with Crippen molar-refractivity contribution in [2.75, 3.05) is 10.6 Å². The second-order valence-corrected chi connectivity index (χ2v) is 16.2. The Morgan fingerprint density at radius 2 is 0.750 bits per heavy atom. The van der Waals surface area contributed by atoms with Crippen LogP contribution in [0, 0.1) is 0 Å². The summed E-state index contributed by atoms with van der Waals surface area (Å²) in [5.74, 6) is -0.254. The van der Waals surface area contributed by atoms with Crippen LogP contribution in [0.5, 0.6) is 0 Å². The second-order valence-electron chi connectivity index (χ2n) is 15.1. The van der Waals surface area contributed by atoms with Gasteiger partial charge in [0.2, 0.25) is 11.8 Å². The van der Waals surface area contributed by atoms with Crippen molar-refractivity contribution in [1.29, 1.82) is 0 Å². The normalized spacial score (nSPS) is 11.6. The van der Waals surface area contributed by atoms with Crippen molar-refractivity contribution in [3.63, 3.8) is 0 Å². The van der Waals surface area contributed by atoms with E-state index in [2.05, 4.69) is 28.7 Å². The first-order chi connectivity index (χ1) is 25.2. The molecule has 52 heavy (non-hydrogen) atoms. The fourth-order valence-corrected chi connectivity index (χ4v) is 7.11. The van der Waals surface area contributed by atoms with E-state index in [9.17, 15) is 18.0 Å². The van der Waals surface area contributed by atoms with Crippen molar-refractivity contribution in [2.24, 2.45) is 0 Å². The minimum Gasteiger partial charge on any atom is -0.326 e. The molecule has 0 aliphatic heterocycles. The average molecular weight is 751 g/mol. The van der Waals surface area contributed by atoms with Crippen molar-refractivity contribution in [3.8, 4) is 0 Å². The standard InChI is InChI=1S/C43H78N2O6S/c1-3-5-7-9-11-13-15-17-19-21-23-25-27-29-31-33-42(46)44-40-35-39(38-51-52(48,49)50)36-41(37-40)45-43(47)34-32-30-28-26-24-22-20-18-16-14-12-10-8-6-4-2/h35-37H,3-34,38H2,1-2H3,(H,44,46)(H,45,47)(H,48,49,50). The number of carbonyl (C=O) groups excluding carboxylic acids is 2. The topological polar surface area (TPSA) is 122 Å². The molecule has 1 rings (SSSR count). The molecule has 0 spiro atoms. The third-order valence-electron chi connectivity index (χ3n) is 9.95. The predicted octanol–water partition coefficient (Wildman–Crippen LogP) is 13.4. The number of rotatable bonds is 37. The zero-order valence-corrected chi connectivity index (χ0v) is 34.3. The van der Waals surface area contributed by atoms with E-state index in [-0.39, 0.29) is 11.8 Å². The van der Waals surface area contributed by atoms with Crippen LogP contribution < -0.4 is 10.6 Å². The van der Waals surface area contributed by atoms with Crippen LogP contribution in [-0.2, 0) is 30.8 Å². The Bertz CT molecular complexity index is 1060. The van der Waals surface area contributed by atoms with Crippen molar-refractivity contribution in [1.82, 2.24) is 0 Å². The van der Waals surface area contributed by atoms with Gasteiger partial charge < -0.3 is 10.6 Å². The zero-order chi connectivity index (χ0) is 38.0. The number of hydrogen-bond donors (Lipinski definition) is 3. The Balaban J connectivity index is 2.28. The van der Waals surface area contributed by atoms with E-state index in [0.29, 0.717) is 29.8 Å². The fourth-order valence-electron chi connectivity index (χ4n) is 6.82. The van der Waals surface area contributed by atoms with Crippen LogP contribution in [-0.4, -0.2) is 24.8 Å². The number of nitrogens with one attached hydrogen (secondary N) is 2. The number of unbranched alkanes of at least 4 members (excludes halogenated alkanes) is 28. The van der Waals surface area contributed by atoms with E-state index in [1.54, 1.807) is 18.2 Å². The van der Waals surface area contributed by atoms with Gasteiger partial charge in [-0.05, 0) is 36.6 Å². The van der Waals surface area contributed by atoms with Crippen LogP contribution in [0.25, 0.3) is 0 Å². The predicted molar refractivity (Wildman–Crippen MR) is 219 cm³/mol. The van der Waals surface area contributed by atoms with E-state index < -0.39 is 17.0 Å². The lowest BCUT2D eigenvalue weighted by Crippen LogP contribution is -2.14. The van der Waals surface area contributed by atoms with Gasteiger partial charge in [0.25, 0.3) is 0 Å². The van der Waals surface area contributed by atoms with Gasteiger partial charge in [0.1, 0.15) is 0 Å². The molecule has 2 amide bonds. The summed E-state index contributed by atoms with van der Waals surface area (Å²) in [7, 11) is -4.64. The Morgan fingerprint density at radius 3 is 1.02 bits per heavy atom. The van der Waals surface area contributed by atoms with Gasteiger partial charge in [-0.1, -0.05) is 194 Å². The molecular formula is C43H78N2O6S.